The summed E-state index contributed by atoms with van der Waals surface area (Å²) in [6.45, 7) is 11.3. The summed E-state index contributed by atoms with van der Waals surface area (Å²) in [5, 5.41) is 25.8. The molecule has 43 heavy (non-hydrogen) atoms. The highest BCUT2D eigenvalue weighted by atomic mass is 16.7. The van der Waals surface area contributed by atoms with Crippen LogP contribution in [0.4, 0.5) is 0 Å². The first-order chi connectivity index (χ1) is 19.6. The van der Waals surface area contributed by atoms with Crippen molar-refractivity contribution in [2.45, 2.75) is 97.4 Å². The molecular weight excluding hydrogens is 568 g/mol. The summed E-state index contributed by atoms with van der Waals surface area (Å²) in [4.78, 5) is 76.2. The van der Waals surface area contributed by atoms with Gasteiger partial charge in [-0.15, -0.1) is 0 Å². The van der Waals surface area contributed by atoms with E-state index in [1.165, 1.54) is 26.8 Å². The molecule has 3 saturated carbocycles. The standard InChI is InChI=1S/C30H40O13/c1-13-10-21-27(24(13)36,41-17(5)33)11-20(12-39-15(3)31)30(38,43-19(7)35)23-22-26(8,9)29(22,42-18(6)34)25(40-16(4)32)14(2)28(21,23)37/h10,14,20-23,25,37-38H,11-12H2,1-9H3. The molecule has 4 aliphatic carbocycles. The number of rotatable bonds is 6. The maximum absolute atomic E-state index is 14.0. The zero-order valence-corrected chi connectivity index (χ0v) is 25.8. The van der Waals surface area contributed by atoms with Gasteiger partial charge in [-0.1, -0.05) is 26.8 Å². The maximum atomic E-state index is 14.0. The molecule has 0 aromatic rings. The second-order valence-electron chi connectivity index (χ2n) is 13.0. The van der Waals surface area contributed by atoms with Gasteiger partial charge in [0.1, 0.15) is 12.7 Å². The number of carbonyl (C=O) groups is 6. The Hall–Kier alpha value is -3.32. The van der Waals surface area contributed by atoms with Crippen LogP contribution in [0.15, 0.2) is 11.6 Å². The molecule has 13 heteroatoms. The summed E-state index contributed by atoms with van der Waals surface area (Å²) in [5.41, 5.74) is -7.01. The van der Waals surface area contributed by atoms with Crippen LogP contribution in [0.1, 0.15) is 68.7 Å². The van der Waals surface area contributed by atoms with E-state index in [0.717, 1.165) is 27.7 Å². The van der Waals surface area contributed by atoms with Crippen molar-refractivity contribution in [2.75, 3.05) is 6.61 Å². The van der Waals surface area contributed by atoms with Crippen LogP contribution in [0.25, 0.3) is 0 Å². The summed E-state index contributed by atoms with van der Waals surface area (Å²) >= 11 is 0. The topological polar surface area (TPSA) is 189 Å². The van der Waals surface area contributed by atoms with E-state index in [4.69, 9.17) is 23.7 Å². The van der Waals surface area contributed by atoms with Gasteiger partial charge in [-0.25, -0.2) is 0 Å². The van der Waals surface area contributed by atoms with Crippen LogP contribution in [0.3, 0.4) is 0 Å². The number of hydrogen-bond acceptors (Lipinski definition) is 13. The van der Waals surface area contributed by atoms with E-state index in [1.54, 1.807) is 13.8 Å². The maximum Gasteiger partial charge on any atom is 0.305 e. The minimum atomic E-state index is -2.67. The minimum absolute atomic E-state index is 0.158. The summed E-state index contributed by atoms with van der Waals surface area (Å²) in [6, 6.07) is 0. The van der Waals surface area contributed by atoms with Crippen molar-refractivity contribution >= 4 is 35.6 Å². The van der Waals surface area contributed by atoms with E-state index >= 15 is 0 Å². The van der Waals surface area contributed by atoms with E-state index in [1.807, 2.05) is 0 Å². The second kappa shape index (κ2) is 10.1. The molecular formula is C30H40O13. The Bertz CT molecular complexity index is 1320. The highest BCUT2D eigenvalue weighted by Crippen LogP contribution is 2.79. The van der Waals surface area contributed by atoms with Crippen molar-refractivity contribution < 1.29 is 62.7 Å². The lowest BCUT2D eigenvalue weighted by Gasteiger charge is -2.56. The smallest absolute Gasteiger partial charge is 0.305 e. The Kier molecular flexibility index (Phi) is 7.67. The van der Waals surface area contributed by atoms with Crippen molar-refractivity contribution in [2.24, 2.45) is 35.0 Å². The van der Waals surface area contributed by atoms with Crippen LogP contribution >= 0.6 is 0 Å². The van der Waals surface area contributed by atoms with Gasteiger partial charge in [0.05, 0.1) is 23.4 Å². The first kappa shape index (κ1) is 32.6. The van der Waals surface area contributed by atoms with Crippen molar-refractivity contribution in [1.82, 2.24) is 0 Å². The third kappa shape index (κ3) is 4.41. The fourth-order valence-corrected chi connectivity index (χ4v) is 8.68. The molecule has 0 aromatic heterocycles. The van der Waals surface area contributed by atoms with Gasteiger partial charge in [0.25, 0.3) is 0 Å². The molecule has 0 aliphatic heterocycles. The van der Waals surface area contributed by atoms with Crippen molar-refractivity contribution in [1.29, 1.82) is 0 Å². The Labute approximate surface area is 249 Å². The highest BCUT2D eigenvalue weighted by molar-refractivity contribution is 6.06. The Morgan fingerprint density at radius 1 is 0.860 bits per heavy atom. The Morgan fingerprint density at radius 2 is 1.42 bits per heavy atom. The number of carbonyl (C=O) groups excluding carboxylic acids is 6. The van der Waals surface area contributed by atoms with E-state index in [2.05, 4.69) is 0 Å². The van der Waals surface area contributed by atoms with Gasteiger partial charge >= 0.3 is 29.8 Å². The van der Waals surface area contributed by atoms with E-state index < -0.39 is 112 Å². The number of ketones is 1. The van der Waals surface area contributed by atoms with Crippen molar-refractivity contribution in [3.05, 3.63) is 11.6 Å². The quantitative estimate of drug-likeness (QED) is 0.248. The minimum Gasteiger partial charge on any atom is -0.465 e. The van der Waals surface area contributed by atoms with E-state index in [-0.39, 0.29) is 5.57 Å². The molecule has 10 unspecified atom stereocenters. The SMILES string of the molecule is CC(=O)OCC1CC2(OC(C)=O)C(=O)C(C)=CC2C2(O)C(C)C(OC(C)=O)C3(OC(C)=O)C(C2C1(O)OC(C)=O)C3(C)C. The molecule has 3 fully saturated rings. The highest BCUT2D eigenvalue weighted by Gasteiger charge is 2.92. The number of esters is 5. The molecule has 13 nitrogen and oxygen atoms in total. The van der Waals surface area contributed by atoms with Gasteiger partial charge < -0.3 is 33.9 Å². The van der Waals surface area contributed by atoms with Gasteiger partial charge in [0, 0.05) is 58.3 Å². The van der Waals surface area contributed by atoms with Gasteiger partial charge in [-0.3, -0.25) is 28.8 Å². The summed E-state index contributed by atoms with van der Waals surface area (Å²) < 4.78 is 28.4. The van der Waals surface area contributed by atoms with Crippen molar-refractivity contribution in [3.8, 4) is 0 Å². The van der Waals surface area contributed by atoms with Crippen LogP contribution < -0.4 is 0 Å². The van der Waals surface area contributed by atoms with Gasteiger partial charge in [0.15, 0.2) is 11.2 Å². The number of fused-ring (bicyclic) bond motifs is 5. The predicted molar refractivity (Wildman–Crippen MR) is 143 cm³/mol. The average Bonchev–Trinajstić information content (AvgIpc) is 3.22. The molecule has 0 aromatic carbocycles. The average molecular weight is 609 g/mol. The third-order valence-corrected chi connectivity index (χ3v) is 10.1. The van der Waals surface area contributed by atoms with Crippen molar-refractivity contribution in [3.63, 3.8) is 0 Å². The lowest BCUT2D eigenvalue weighted by molar-refractivity contribution is -0.318. The molecule has 0 saturated heterocycles. The fraction of sp³-hybridized carbons (Fsp3) is 0.733. The number of hydrogen-bond donors (Lipinski definition) is 2. The molecule has 10 atom stereocenters. The Balaban J connectivity index is 2.13. The lowest BCUT2D eigenvalue weighted by atomic mass is 9.57. The van der Waals surface area contributed by atoms with E-state index in [0.29, 0.717) is 0 Å². The van der Waals surface area contributed by atoms with Crippen LogP contribution in [0.2, 0.25) is 0 Å². The molecule has 2 N–H and O–H groups in total. The normalized spacial score (nSPS) is 42.1. The first-order valence-corrected chi connectivity index (χ1v) is 14.2. The van der Waals surface area contributed by atoms with Crippen LogP contribution in [0, 0.1) is 35.0 Å². The van der Waals surface area contributed by atoms with Gasteiger partial charge in [-0.2, -0.15) is 0 Å². The molecule has 0 spiro atoms. The zero-order chi connectivity index (χ0) is 32.7. The number of Topliss-reactive ketones (excluding diaryl/α,β-unsaturated/α-hetero) is 1. The second-order valence-corrected chi connectivity index (χ2v) is 13.0. The first-order valence-electron chi connectivity index (χ1n) is 14.2. The van der Waals surface area contributed by atoms with E-state index in [9.17, 15) is 39.0 Å². The lowest BCUT2D eigenvalue weighted by Crippen LogP contribution is -2.70. The zero-order valence-electron chi connectivity index (χ0n) is 25.8. The van der Waals surface area contributed by atoms with Crippen LogP contribution in [-0.4, -0.2) is 81.1 Å². The summed E-state index contributed by atoms with van der Waals surface area (Å²) in [7, 11) is 0. The number of aliphatic hydroxyl groups is 2. The fourth-order valence-electron chi connectivity index (χ4n) is 8.68. The summed E-state index contributed by atoms with van der Waals surface area (Å²) in [5.74, 6) is -14.0. The predicted octanol–water partition coefficient (Wildman–Crippen LogP) is 1.15. The number of ether oxygens (including phenoxy) is 5. The van der Waals surface area contributed by atoms with Crippen LogP contribution in [0.5, 0.6) is 0 Å². The third-order valence-electron chi connectivity index (χ3n) is 10.1. The largest absolute Gasteiger partial charge is 0.465 e. The summed E-state index contributed by atoms with van der Waals surface area (Å²) in [6.07, 6.45) is -0.379. The molecule has 0 amide bonds. The molecule has 0 heterocycles. The van der Waals surface area contributed by atoms with Gasteiger partial charge in [-0.05, 0) is 12.5 Å². The molecule has 238 valence electrons. The molecule has 0 radical (unpaired) electrons. The van der Waals surface area contributed by atoms with Crippen LogP contribution in [-0.2, 0) is 52.5 Å². The Morgan fingerprint density at radius 3 is 1.91 bits per heavy atom. The van der Waals surface area contributed by atoms with Gasteiger partial charge in [0.2, 0.25) is 11.6 Å². The monoisotopic (exact) mass is 608 g/mol. The molecule has 4 aliphatic rings. The molecule has 0 bridgehead atoms. The molecule has 4 rings (SSSR count).